The summed E-state index contributed by atoms with van der Waals surface area (Å²) in [5.41, 5.74) is 3.10. The number of ether oxygens (including phenoxy) is 1. The molecule has 0 unspecified atom stereocenters. The molecule has 5 nitrogen and oxygen atoms in total. The van der Waals surface area contributed by atoms with E-state index in [0.717, 1.165) is 49.0 Å². The highest BCUT2D eigenvalue weighted by atomic mass is 35.5. The number of halogens is 2. The van der Waals surface area contributed by atoms with E-state index in [4.69, 9.17) is 16.3 Å². The van der Waals surface area contributed by atoms with Crippen LogP contribution in [-0.4, -0.2) is 23.2 Å². The maximum absolute atomic E-state index is 13.3. The molecule has 2 heterocycles. The average molecular weight is 402 g/mol. The number of benzene rings is 1. The lowest BCUT2D eigenvalue weighted by Gasteiger charge is -2.14. The lowest BCUT2D eigenvalue weighted by atomic mass is 10.1. The van der Waals surface area contributed by atoms with Crippen molar-refractivity contribution in [3.05, 3.63) is 57.6 Å². The van der Waals surface area contributed by atoms with Gasteiger partial charge in [-0.1, -0.05) is 11.6 Å². The first-order valence-corrected chi connectivity index (χ1v) is 9.43. The van der Waals surface area contributed by atoms with Crippen LogP contribution in [-0.2, 0) is 16.1 Å². The standard InChI is InChI=1S/C21H21ClFN3O2/c1-13-8-15(14(2)26(13)12-18-4-3-7-28-18)9-16(11-24)21(27)25-17-5-6-20(23)19(22)10-17/h5-6,8-10,18H,3-4,7,12H2,1-2H3,(H,25,27)/b16-9+/t18-/m0/s1. The minimum atomic E-state index is -0.575. The molecule has 1 N–H and O–H groups in total. The third-order valence-electron chi connectivity index (χ3n) is 4.87. The van der Waals surface area contributed by atoms with Crippen LogP contribution in [0.5, 0.6) is 0 Å². The molecule has 28 heavy (non-hydrogen) atoms. The summed E-state index contributed by atoms with van der Waals surface area (Å²) in [5, 5.41) is 11.9. The van der Waals surface area contributed by atoms with E-state index in [9.17, 15) is 14.4 Å². The van der Waals surface area contributed by atoms with Gasteiger partial charge in [-0.3, -0.25) is 4.79 Å². The van der Waals surface area contributed by atoms with Gasteiger partial charge in [-0.05, 0) is 62.6 Å². The second kappa shape index (κ2) is 8.59. The summed E-state index contributed by atoms with van der Waals surface area (Å²) >= 11 is 5.73. The summed E-state index contributed by atoms with van der Waals surface area (Å²) in [6, 6.07) is 7.73. The molecule has 1 aromatic carbocycles. The Balaban J connectivity index is 1.80. The molecule has 1 amide bonds. The number of aryl methyl sites for hydroxylation is 1. The summed E-state index contributed by atoms with van der Waals surface area (Å²) in [4.78, 5) is 12.5. The highest BCUT2D eigenvalue weighted by molar-refractivity contribution is 6.31. The van der Waals surface area contributed by atoms with Gasteiger partial charge >= 0.3 is 0 Å². The molecule has 0 aliphatic carbocycles. The maximum atomic E-state index is 13.3. The zero-order valence-corrected chi connectivity index (χ0v) is 16.5. The van der Waals surface area contributed by atoms with Gasteiger partial charge in [-0.25, -0.2) is 4.39 Å². The predicted octanol–water partition coefficient (Wildman–Crippen LogP) is 4.62. The fourth-order valence-electron chi connectivity index (χ4n) is 3.32. The highest BCUT2D eigenvalue weighted by Gasteiger charge is 2.19. The molecule has 7 heteroatoms. The lowest BCUT2D eigenvalue weighted by Crippen LogP contribution is -2.17. The summed E-state index contributed by atoms with van der Waals surface area (Å²) in [6.45, 7) is 5.50. The number of rotatable bonds is 5. The Bertz CT molecular complexity index is 969. The van der Waals surface area contributed by atoms with Crippen LogP contribution in [0.1, 0.15) is 29.8 Å². The molecular formula is C21H21ClFN3O2. The number of carbonyl (C=O) groups excluding carboxylic acids is 1. The topological polar surface area (TPSA) is 67.0 Å². The number of nitrogens with zero attached hydrogens (tertiary/aromatic N) is 2. The molecule has 0 radical (unpaired) electrons. The second-order valence-corrected chi connectivity index (χ2v) is 7.23. The first-order valence-electron chi connectivity index (χ1n) is 9.05. The molecule has 3 rings (SSSR count). The second-order valence-electron chi connectivity index (χ2n) is 6.82. The quantitative estimate of drug-likeness (QED) is 0.587. The summed E-state index contributed by atoms with van der Waals surface area (Å²) < 4.78 is 21.1. The van der Waals surface area contributed by atoms with Gasteiger partial charge in [-0.15, -0.1) is 0 Å². The zero-order valence-electron chi connectivity index (χ0n) is 15.8. The van der Waals surface area contributed by atoms with Crippen LogP contribution < -0.4 is 5.32 Å². The molecule has 2 aromatic rings. The molecule has 146 valence electrons. The lowest BCUT2D eigenvalue weighted by molar-refractivity contribution is -0.112. The van der Waals surface area contributed by atoms with E-state index in [1.165, 1.54) is 12.1 Å². The van der Waals surface area contributed by atoms with E-state index in [1.807, 2.05) is 26.0 Å². The summed E-state index contributed by atoms with van der Waals surface area (Å²) in [5.74, 6) is -1.15. The van der Waals surface area contributed by atoms with Crippen LogP contribution in [0.25, 0.3) is 6.08 Å². The predicted molar refractivity (Wildman–Crippen MR) is 107 cm³/mol. The number of nitriles is 1. The van der Waals surface area contributed by atoms with Crippen LogP contribution in [0.4, 0.5) is 10.1 Å². The Morgan fingerprint density at radius 3 is 2.89 bits per heavy atom. The van der Waals surface area contributed by atoms with Crippen LogP contribution >= 0.6 is 11.6 Å². The molecule has 1 aliphatic heterocycles. The smallest absolute Gasteiger partial charge is 0.266 e. The van der Waals surface area contributed by atoms with Crippen molar-refractivity contribution in [3.63, 3.8) is 0 Å². The van der Waals surface area contributed by atoms with Gasteiger partial charge in [-0.2, -0.15) is 5.26 Å². The first kappa shape index (κ1) is 20.1. The summed E-state index contributed by atoms with van der Waals surface area (Å²) in [6.07, 6.45) is 3.87. The number of aromatic nitrogens is 1. The molecule has 0 saturated carbocycles. The van der Waals surface area contributed by atoms with Crippen molar-refractivity contribution in [2.24, 2.45) is 0 Å². The number of anilines is 1. The number of hydrogen-bond acceptors (Lipinski definition) is 3. The number of hydrogen-bond donors (Lipinski definition) is 1. The van der Waals surface area contributed by atoms with E-state index in [0.29, 0.717) is 5.69 Å². The Morgan fingerprint density at radius 2 is 2.25 bits per heavy atom. The van der Waals surface area contributed by atoms with Crippen LogP contribution in [0.2, 0.25) is 5.02 Å². The van der Waals surface area contributed by atoms with Gasteiger partial charge in [0.25, 0.3) is 5.91 Å². The summed E-state index contributed by atoms with van der Waals surface area (Å²) in [7, 11) is 0. The van der Waals surface area contributed by atoms with Gasteiger partial charge in [0.1, 0.15) is 17.5 Å². The first-order chi connectivity index (χ1) is 13.4. The van der Waals surface area contributed by atoms with Crippen molar-refractivity contribution < 1.29 is 13.9 Å². The highest BCUT2D eigenvalue weighted by Crippen LogP contribution is 2.23. The van der Waals surface area contributed by atoms with Gasteiger partial charge < -0.3 is 14.6 Å². The largest absolute Gasteiger partial charge is 0.376 e. The number of nitrogens with one attached hydrogen (secondary N) is 1. The van der Waals surface area contributed by atoms with Crippen molar-refractivity contribution in [1.29, 1.82) is 5.26 Å². The van der Waals surface area contributed by atoms with E-state index < -0.39 is 11.7 Å². The fourth-order valence-corrected chi connectivity index (χ4v) is 3.50. The third-order valence-corrected chi connectivity index (χ3v) is 5.16. The molecule has 1 fully saturated rings. The van der Waals surface area contributed by atoms with E-state index in [2.05, 4.69) is 9.88 Å². The van der Waals surface area contributed by atoms with Gasteiger partial charge in [0.15, 0.2) is 0 Å². The SMILES string of the molecule is Cc1cc(/C=C(\C#N)C(=O)Nc2ccc(F)c(Cl)c2)c(C)n1C[C@@H]1CCCO1. The van der Waals surface area contributed by atoms with Gasteiger partial charge in [0, 0.05) is 30.2 Å². The van der Waals surface area contributed by atoms with Crippen molar-refractivity contribution in [2.45, 2.75) is 39.3 Å². The normalized spacial score (nSPS) is 16.8. The Hall–Kier alpha value is -2.62. The Labute approximate surface area is 168 Å². The number of amides is 1. The Kier molecular flexibility index (Phi) is 6.18. The third kappa shape index (κ3) is 4.44. The Morgan fingerprint density at radius 1 is 1.46 bits per heavy atom. The van der Waals surface area contributed by atoms with Crippen molar-refractivity contribution in [1.82, 2.24) is 4.57 Å². The fraction of sp³-hybridized carbons (Fsp3) is 0.333. The maximum Gasteiger partial charge on any atom is 0.266 e. The zero-order chi connectivity index (χ0) is 20.3. The van der Waals surface area contributed by atoms with Crippen molar-refractivity contribution >= 4 is 29.3 Å². The van der Waals surface area contributed by atoms with Crippen LogP contribution in [0.3, 0.4) is 0 Å². The van der Waals surface area contributed by atoms with Gasteiger partial charge in [0.05, 0.1) is 11.1 Å². The molecule has 1 saturated heterocycles. The molecule has 1 aromatic heterocycles. The van der Waals surface area contributed by atoms with E-state index >= 15 is 0 Å². The average Bonchev–Trinajstić information content (AvgIpc) is 3.26. The van der Waals surface area contributed by atoms with Gasteiger partial charge in [0.2, 0.25) is 0 Å². The van der Waals surface area contributed by atoms with Crippen molar-refractivity contribution in [3.8, 4) is 6.07 Å². The van der Waals surface area contributed by atoms with E-state index in [-0.39, 0.29) is 16.7 Å². The minimum absolute atomic E-state index is 0.0437. The molecule has 0 spiro atoms. The minimum Gasteiger partial charge on any atom is -0.376 e. The van der Waals surface area contributed by atoms with Crippen LogP contribution in [0.15, 0.2) is 29.8 Å². The molecule has 1 aliphatic rings. The number of carbonyl (C=O) groups is 1. The molecule has 1 atom stereocenters. The monoisotopic (exact) mass is 401 g/mol. The molecular weight excluding hydrogens is 381 g/mol. The van der Waals surface area contributed by atoms with Crippen molar-refractivity contribution in [2.75, 3.05) is 11.9 Å². The molecule has 0 bridgehead atoms. The van der Waals surface area contributed by atoms with Crippen LogP contribution in [0, 0.1) is 31.0 Å². The van der Waals surface area contributed by atoms with E-state index in [1.54, 1.807) is 6.08 Å².